The molecule has 11 nitrogen and oxygen atoms in total. The number of rotatable bonds is 8. The van der Waals surface area contributed by atoms with Gasteiger partial charge in [0.2, 0.25) is 17.7 Å². The Morgan fingerprint density at radius 2 is 1.82 bits per heavy atom. The number of likely N-dealkylation sites (N-methyl/N-ethyl adjacent to an activating group) is 1. The zero-order valence-electron chi connectivity index (χ0n) is 19.6. The van der Waals surface area contributed by atoms with Crippen molar-refractivity contribution < 1.29 is 14.0 Å². The van der Waals surface area contributed by atoms with E-state index >= 15 is 0 Å². The lowest BCUT2D eigenvalue weighted by Crippen LogP contribution is -2.55. The summed E-state index contributed by atoms with van der Waals surface area (Å²) < 4.78 is 14.8. The van der Waals surface area contributed by atoms with Crippen molar-refractivity contribution in [3.05, 3.63) is 29.3 Å². The summed E-state index contributed by atoms with van der Waals surface area (Å²) in [5, 5.41) is 17.6. The minimum atomic E-state index is -0.890. The van der Waals surface area contributed by atoms with Gasteiger partial charge in [-0.3, -0.25) is 14.6 Å². The Kier molecular flexibility index (Phi) is 7.50. The minimum Gasteiger partial charge on any atom is -0.402 e. The molecule has 1 atom stereocenters. The molecule has 1 aromatic rings. The Morgan fingerprint density at radius 1 is 1.24 bits per heavy atom. The molecule has 2 fully saturated rings. The van der Waals surface area contributed by atoms with E-state index in [1.807, 2.05) is 0 Å². The summed E-state index contributed by atoms with van der Waals surface area (Å²) in [6.07, 6.45) is 3.92. The van der Waals surface area contributed by atoms with Crippen LogP contribution in [0.2, 0.25) is 0 Å². The van der Waals surface area contributed by atoms with Crippen molar-refractivity contribution in [2.45, 2.75) is 45.6 Å². The summed E-state index contributed by atoms with van der Waals surface area (Å²) in [5.74, 6) is 9.19. The van der Waals surface area contributed by atoms with Crippen LogP contribution in [-0.4, -0.2) is 46.4 Å². The number of halogens is 1. The number of allylic oxidation sites excluding steroid dienone is 2. The van der Waals surface area contributed by atoms with Gasteiger partial charge in [0.05, 0.1) is 0 Å². The largest absolute Gasteiger partial charge is 0.402 e. The maximum Gasteiger partial charge on any atom is 0.290 e. The van der Waals surface area contributed by atoms with Gasteiger partial charge in [-0.2, -0.15) is 9.49 Å². The molecule has 184 valence electrons. The highest BCUT2D eigenvalue weighted by atomic mass is 19.1. The second-order valence-electron chi connectivity index (χ2n) is 8.97. The molecule has 0 aliphatic heterocycles. The Morgan fingerprint density at radius 3 is 2.24 bits per heavy atom. The number of carbonyl (C=O) groups excluding carboxylic acids is 2. The van der Waals surface area contributed by atoms with E-state index < -0.39 is 23.8 Å². The fourth-order valence-electron chi connectivity index (χ4n) is 4.35. The Bertz CT molecular complexity index is 1030. The zero-order chi connectivity index (χ0) is 25.2. The summed E-state index contributed by atoms with van der Waals surface area (Å²) in [6.45, 7) is 3.07. The first-order chi connectivity index (χ1) is 16.0. The number of hydrazone groups is 1. The van der Waals surface area contributed by atoms with Crippen LogP contribution in [0.1, 0.15) is 45.1 Å². The van der Waals surface area contributed by atoms with E-state index in [0.717, 1.165) is 30.7 Å². The fourth-order valence-corrected chi connectivity index (χ4v) is 4.35. The minimum absolute atomic E-state index is 0.0174. The first-order valence-electron chi connectivity index (χ1n) is 11.1. The van der Waals surface area contributed by atoms with E-state index in [1.54, 1.807) is 6.92 Å². The molecule has 1 heterocycles. The van der Waals surface area contributed by atoms with Gasteiger partial charge in [0.25, 0.3) is 5.91 Å². The molecule has 3 rings (SSSR count). The maximum absolute atomic E-state index is 14.8. The third-order valence-corrected chi connectivity index (χ3v) is 6.08. The summed E-state index contributed by atoms with van der Waals surface area (Å²) >= 11 is 0. The van der Waals surface area contributed by atoms with Gasteiger partial charge in [-0.1, -0.05) is 0 Å². The van der Waals surface area contributed by atoms with Crippen LogP contribution < -0.4 is 28.1 Å². The van der Waals surface area contributed by atoms with E-state index in [4.69, 9.17) is 22.8 Å². The summed E-state index contributed by atoms with van der Waals surface area (Å²) in [5.41, 5.74) is 6.50. The molecule has 12 heteroatoms. The van der Waals surface area contributed by atoms with Crippen molar-refractivity contribution in [3.8, 4) is 0 Å². The Hall–Kier alpha value is -3.54. The van der Waals surface area contributed by atoms with Crippen molar-refractivity contribution in [2.24, 2.45) is 40.3 Å². The summed E-state index contributed by atoms with van der Waals surface area (Å²) in [4.78, 5) is 29.9. The number of anilines is 1. The smallest absolute Gasteiger partial charge is 0.290 e. The van der Waals surface area contributed by atoms with Crippen molar-refractivity contribution in [2.75, 3.05) is 12.4 Å². The SMILES string of the molecule is CC(=N)C(=C(C)N)c1ccc(NC(=O)[C@@H](NC(=O)/C(=N/N)N(C)N)C(C2CC2)C2CC2)nc1F. The molecule has 0 bridgehead atoms. The number of hydrazine groups is 1. The number of pyridine rings is 1. The van der Waals surface area contributed by atoms with Crippen molar-refractivity contribution in [1.29, 1.82) is 5.41 Å². The number of nitrogens with one attached hydrogen (secondary N) is 3. The number of hydrogen-bond donors (Lipinski definition) is 6. The molecule has 2 amide bonds. The molecule has 2 aliphatic carbocycles. The van der Waals surface area contributed by atoms with Crippen molar-refractivity contribution in [3.63, 3.8) is 0 Å². The lowest BCUT2D eigenvalue weighted by molar-refractivity contribution is -0.125. The highest BCUT2D eigenvalue weighted by molar-refractivity contribution is 6.37. The van der Waals surface area contributed by atoms with Crippen LogP contribution in [-0.2, 0) is 9.59 Å². The summed E-state index contributed by atoms with van der Waals surface area (Å²) in [7, 11) is 1.41. The molecule has 2 saturated carbocycles. The second kappa shape index (κ2) is 10.2. The van der Waals surface area contributed by atoms with Gasteiger partial charge < -0.3 is 27.6 Å². The average Bonchev–Trinajstić information content (AvgIpc) is 3.64. The average molecular weight is 474 g/mol. The third-order valence-electron chi connectivity index (χ3n) is 6.08. The molecule has 0 unspecified atom stereocenters. The van der Waals surface area contributed by atoms with Gasteiger partial charge >= 0.3 is 0 Å². The lowest BCUT2D eigenvalue weighted by atomic mass is 9.88. The van der Waals surface area contributed by atoms with Gasteiger partial charge in [-0.05, 0) is 69.4 Å². The predicted octanol–water partition coefficient (Wildman–Crippen LogP) is 0.887. The number of amidine groups is 1. The highest BCUT2D eigenvalue weighted by Gasteiger charge is 2.48. The monoisotopic (exact) mass is 473 g/mol. The Balaban J connectivity index is 1.85. The van der Waals surface area contributed by atoms with Crippen LogP contribution in [0.5, 0.6) is 0 Å². The first-order valence-corrected chi connectivity index (χ1v) is 11.1. The number of amides is 2. The molecule has 0 spiro atoms. The molecular weight excluding hydrogens is 441 g/mol. The molecule has 34 heavy (non-hydrogen) atoms. The van der Waals surface area contributed by atoms with Crippen LogP contribution in [0.25, 0.3) is 5.57 Å². The van der Waals surface area contributed by atoms with Crippen molar-refractivity contribution >= 4 is 34.8 Å². The molecule has 0 saturated heterocycles. The molecule has 9 N–H and O–H groups in total. The number of nitrogens with zero attached hydrogens (tertiary/aromatic N) is 3. The van der Waals surface area contributed by atoms with E-state index in [1.165, 1.54) is 26.1 Å². The second-order valence-corrected chi connectivity index (χ2v) is 8.97. The van der Waals surface area contributed by atoms with Gasteiger partial charge in [-0.25, -0.2) is 10.8 Å². The van der Waals surface area contributed by atoms with Gasteiger partial charge in [-0.15, -0.1) is 0 Å². The molecule has 0 radical (unpaired) electrons. The molecule has 0 aromatic carbocycles. The highest BCUT2D eigenvalue weighted by Crippen LogP contribution is 2.50. The molecule has 2 aliphatic rings. The first kappa shape index (κ1) is 25.1. The van der Waals surface area contributed by atoms with Crippen LogP contribution in [0.3, 0.4) is 0 Å². The van der Waals surface area contributed by atoms with Crippen molar-refractivity contribution in [1.82, 2.24) is 15.3 Å². The van der Waals surface area contributed by atoms with Crippen LogP contribution >= 0.6 is 0 Å². The Labute approximate surface area is 197 Å². The van der Waals surface area contributed by atoms with E-state index in [2.05, 4.69) is 20.7 Å². The predicted molar refractivity (Wildman–Crippen MR) is 127 cm³/mol. The normalized spacial score (nSPS) is 17.6. The van der Waals surface area contributed by atoms with E-state index in [-0.39, 0.29) is 40.1 Å². The van der Waals surface area contributed by atoms with Gasteiger partial charge in [0, 0.05) is 29.6 Å². The number of carbonyl (C=O) groups is 2. The number of hydrogen-bond acceptors (Lipinski definition) is 8. The number of nitrogens with two attached hydrogens (primary N) is 3. The molecule has 1 aromatic heterocycles. The lowest BCUT2D eigenvalue weighted by Gasteiger charge is -2.28. The van der Waals surface area contributed by atoms with Crippen LogP contribution in [0, 0.1) is 29.1 Å². The zero-order valence-corrected chi connectivity index (χ0v) is 19.6. The maximum atomic E-state index is 14.8. The quantitative estimate of drug-likeness (QED) is 0.106. The third kappa shape index (κ3) is 5.68. The van der Waals surface area contributed by atoms with Crippen LogP contribution in [0.15, 0.2) is 22.9 Å². The molecular formula is C22H32FN9O2. The van der Waals surface area contributed by atoms with Gasteiger partial charge in [0.1, 0.15) is 11.9 Å². The van der Waals surface area contributed by atoms with E-state index in [0.29, 0.717) is 11.8 Å². The number of aromatic nitrogens is 1. The van der Waals surface area contributed by atoms with Gasteiger partial charge in [0.15, 0.2) is 0 Å². The standard InChI is InChI=1S/C22H32FN9O2/c1-10(24)16(11(2)25)14-8-9-15(28-19(14)23)29-21(33)18(17(12-4-5-12)13-6-7-13)30-22(34)20(31-26)32(3)27/h8-9,12-13,17-18,24H,4-7,25-27H2,1-3H3,(H,30,34)(H,28,29,33)/b16-11?,24-10?,31-20-/t18-/m0/s1. The van der Waals surface area contributed by atoms with E-state index in [9.17, 15) is 14.0 Å². The summed E-state index contributed by atoms with van der Waals surface area (Å²) in [6, 6.07) is 1.96. The topological polar surface area (TPSA) is 189 Å². The van der Waals surface area contributed by atoms with Crippen LogP contribution in [0.4, 0.5) is 10.2 Å². The fraction of sp³-hybridized carbons (Fsp3) is 0.500.